The Morgan fingerprint density at radius 3 is 1.45 bits per heavy atom. The zero-order valence-corrected chi connectivity index (χ0v) is 34.5. The van der Waals surface area contributed by atoms with Gasteiger partial charge < -0.3 is 23.7 Å². The van der Waals surface area contributed by atoms with Gasteiger partial charge in [0.05, 0.1) is 17.7 Å². The summed E-state index contributed by atoms with van der Waals surface area (Å²) in [5, 5.41) is 0. The highest BCUT2D eigenvalue weighted by Crippen LogP contribution is 2.33. The van der Waals surface area contributed by atoms with Crippen LogP contribution in [0.4, 0.5) is 0 Å². The SMILES string of the molecule is CCCOC(=O)c1cc(OC(=O)CCC2CCC(OC(=O)c3ccc(CCC)cc3)CC2)ccc1OC(=O)CCC1CCC(OC(=O)c2ccc(CCC)cc2)CC1. The predicted octanol–water partition coefficient (Wildman–Crippen LogP) is 10.4. The van der Waals surface area contributed by atoms with Crippen LogP contribution in [0.2, 0.25) is 0 Å². The lowest BCUT2D eigenvalue weighted by atomic mass is 9.84. The zero-order valence-electron chi connectivity index (χ0n) is 34.5. The highest BCUT2D eigenvalue weighted by atomic mass is 16.6. The molecule has 2 aliphatic rings. The summed E-state index contributed by atoms with van der Waals surface area (Å²) >= 11 is 0. The molecule has 2 fully saturated rings. The summed E-state index contributed by atoms with van der Waals surface area (Å²) in [7, 11) is 0. The van der Waals surface area contributed by atoms with Crippen molar-refractivity contribution in [2.24, 2.45) is 11.8 Å². The Labute approximate surface area is 343 Å². The molecule has 5 rings (SSSR count). The Morgan fingerprint density at radius 1 is 0.534 bits per heavy atom. The number of aryl methyl sites for hydroxylation is 2. The average molecular weight is 797 g/mol. The molecule has 2 saturated carbocycles. The summed E-state index contributed by atoms with van der Waals surface area (Å²) in [6, 6.07) is 19.6. The van der Waals surface area contributed by atoms with Gasteiger partial charge in [-0.25, -0.2) is 14.4 Å². The van der Waals surface area contributed by atoms with E-state index in [1.54, 1.807) is 0 Å². The van der Waals surface area contributed by atoms with Gasteiger partial charge in [0.25, 0.3) is 0 Å². The van der Waals surface area contributed by atoms with Gasteiger partial charge >= 0.3 is 29.8 Å². The second-order valence-corrected chi connectivity index (χ2v) is 15.8. The fraction of sp³-hybridized carbons (Fsp3) is 0.521. The lowest BCUT2D eigenvalue weighted by Gasteiger charge is -2.28. The van der Waals surface area contributed by atoms with Gasteiger partial charge in [0, 0.05) is 12.8 Å². The Bertz CT molecular complexity index is 1800. The van der Waals surface area contributed by atoms with Crippen LogP contribution in [0.3, 0.4) is 0 Å². The van der Waals surface area contributed by atoms with Crippen molar-refractivity contribution in [1.82, 2.24) is 0 Å². The van der Waals surface area contributed by atoms with Crippen LogP contribution in [-0.4, -0.2) is 48.7 Å². The molecule has 3 aromatic rings. The molecule has 0 unspecified atom stereocenters. The molecule has 10 heteroatoms. The smallest absolute Gasteiger partial charge is 0.342 e. The van der Waals surface area contributed by atoms with Crippen LogP contribution in [-0.2, 0) is 36.6 Å². The Kier molecular flexibility index (Phi) is 17.4. The highest BCUT2D eigenvalue weighted by molar-refractivity contribution is 5.94. The van der Waals surface area contributed by atoms with Crippen molar-refractivity contribution in [1.29, 1.82) is 0 Å². The molecule has 2 aliphatic carbocycles. The minimum Gasteiger partial charge on any atom is -0.462 e. The number of ether oxygens (including phenoxy) is 5. The minimum atomic E-state index is -0.668. The molecule has 0 amide bonds. The van der Waals surface area contributed by atoms with Crippen LogP contribution in [0.15, 0.2) is 66.7 Å². The van der Waals surface area contributed by atoms with E-state index in [4.69, 9.17) is 23.7 Å². The molecule has 3 aromatic carbocycles. The molecule has 312 valence electrons. The third-order valence-electron chi connectivity index (χ3n) is 11.2. The number of carbonyl (C=O) groups is 5. The zero-order chi connectivity index (χ0) is 41.3. The van der Waals surface area contributed by atoms with Crippen LogP contribution in [0.5, 0.6) is 11.5 Å². The summed E-state index contributed by atoms with van der Waals surface area (Å²) < 4.78 is 28.2. The maximum atomic E-state index is 13.0. The van der Waals surface area contributed by atoms with E-state index in [9.17, 15) is 24.0 Å². The van der Waals surface area contributed by atoms with Crippen molar-refractivity contribution in [3.8, 4) is 11.5 Å². The Morgan fingerprint density at radius 2 is 1.00 bits per heavy atom. The summed E-state index contributed by atoms with van der Waals surface area (Å²) in [5.41, 5.74) is 3.54. The van der Waals surface area contributed by atoms with Gasteiger partial charge in [-0.1, -0.05) is 57.9 Å². The maximum Gasteiger partial charge on any atom is 0.342 e. The van der Waals surface area contributed by atoms with E-state index in [0.717, 1.165) is 77.0 Å². The van der Waals surface area contributed by atoms with Crippen molar-refractivity contribution < 1.29 is 47.7 Å². The van der Waals surface area contributed by atoms with Gasteiger partial charge in [0.15, 0.2) is 0 Å². The van der Waals surface area contributed by atoms with Crippen LogP contribution in [0.25, 0.3) is 0 Å². The van der Waals surface area contributed by atoms with Crippen LogP contribution >= 0.6 is 0 Å². The fourth-order valence-corrected chi connectivity index (χ4v) is 7.80. The summed E-state index contributed by atoms with van der Waals surface area (Å²) in [6.07, 6.45) is 12.3. The van der Waals surface area contributed by atoms with E-state index in [2.05, 4.69) is 13.8 Å². The lowest BCUT2D eigenvalue weighted by molar-refractivity contribution is -0.136. The number of hydrogen-bond acceptors (Lipinski definition) is 10. The first-order valence-corrected chi connectivity index (χ1v) is 21.5. The first-order chi connectivity index (χ1) is 28.1. The normalized spacial score (nSPS) is 19.1. The number of rotatable bonds is 19. The fourth-order valence-electron chi connectivity index (χ4n) is 7.80. The van der Waals surface area contributed by atoms with E-state index >= 15 is 0 Å². The number of hydrogen-bond donors (Lipinski definition) is 0. The summed E-state index contributed by atoms with van der Waals surface area (Å²) in [5.74, 6) is -1.35. The third kappa shape index (κ3) is 13.8. The summed E-state index contributed by atoms with van der Waals surface area (Å²) in [6.45, 7) is 6.31. The molecule has 0 saturated heterocycles. The van der Waals surface area contributed by atoms with Crippen LogP contribution in [0.1, 0.15) is 159 Å². The van der Waals surface area contributed by atoms with Gasteiger partial charge in [0.1, 0.15) is 29.3 Å². The molecule has 0 N–H and O–H groups in total. The Hall–Kier alpha value is -4.99. The van der Waals surface area contributed by atoms with Crippen molar-refractivity contribution in [2.75, 3.05) is 6.61 Å². The number of benzene rings is 3. The van der Waals surface area contributed by atoms with E-state index in [-0.39, 0.29) is 66.6 Å². The average Bonchev–Trinajstić information content (AvgIpc) is 3.23. The highest BCUT2D eigenvalue weighted by Gasteiger charge is 2.27. The van der Waals surface area contributed by atoms with Crippen molar-refractivity contribution in [2.45, 2.75) is 142 Å². The second-order valence-electron chi connectivity index (χ2n) is 15.8. The van der Waals surface area contributed by atoms with E-state index in [0.29, 0.717) is 36.3 Å². The topological polar surface area (TPSA) is 132 Å². The molecule has 0 bridgehead atoms. The second kappa shape index (κ2) is 22.8. The van der Waals surface area contributed by atoms with Crippen LogP contribution < -0.4 is 9.47 Å². The van der Waals surface area contributed by atoms with Gasteiger partial charge in [-0.05, 0) is 149 Å². The molecule has 0 aliphatic heterocycles. The van der Waals surface area contributed by atoms with Crippen molar-refractivity contribution >= 4 is 29.8 Å². The maximum absolute atomic E-state index is 13.0. The van der Waals surface area contributed by atoms with Gasteiger partial charge in [0.2, 0.25) is 0 Å². The molecule has 0 atom stereocenters. The number of carbonyl (C=O) groups excluding carboxylic acids is 5. The van der Waals surface area contributed by atoms with E-state index < -0.39 is 17.9 Å². The number of esters is 5. The van der Waals surface area contributed by atoms with Gasteiger partial charge in [-0.15, -0.1) is 0 Å². The van der Waals surface area contributed by atoms with E-state index in [1.165, 1.54) is 29.3 Å². The molecular formula is C48H60O10. The molecule has 58 heavy (non-hydrogen) atoms. The molecule has 10 nitrogen and oxygen atoms in total. The van der Waals surface area contributed by atoms with Crippen LogP contribution in [0, 0.1) is 11.8 Å². The first kappa shape index (κ1) is 44.1. The minimum absolute atomic E-state index is 0.0131. The third-order valence-corrected chi connectivity index (χ3v) is 11.2. The van der Waals surface area contributed by atoms with Gasteiger partial charge in [-0.2, -0.15) is 0 Å². The largest absolute Gasteiger partial charge is 0.462 e. The lowest BCUT2D eigenvalue weighted by Crippen LogP contribution is -2.25. The molecule has 0 spiro atoms. The molecule has 0 radical (unpaired) electrons. The summed E-state index contributed by atoms with van der Waals surface area (Å²) in [4.78, 5) is 64.2. The molecule has 0 heterocycles. The first-order valence-electron chi connectivity index (χ1n) is 21.5. The van der Waals surface area contributed by atoms with Gasteiger partial charge in [-0.3, -0.25) is 9.59 Å². The molecular weight excluding hydrogens is 737 g/mol. The quantitative estimate of drug-likeness (QED) is 0.0656. The standard InChI is InChI=1S/C48H60O10/c1-4-7-33-9-19-37(20-10-33)46(51)56-39-23-13-35(14-24-39)17-29-44(49)55-41-27-28-43(42(32-41)48(53)54-31-6-3)58-45(50)30-18-36-15-25-40(26-16-36)57-47(52)38-21-11-34(8-5-2)12-22-38/h9-12,19-22,27-28,32,35-36,39-40H,4-8,13-18,23-26,29-31H2,1-3H3. The predicted molar refractivity (Wildman–Crippen MR) is 220 cm³/mol. The van der Waals surface area contributed by atoms with Crippen molar-refractivity contribution in [3.63, 3.8) is 0 Å². The monoisotopic (exact) mass is 796 g/mol. The molecule has 0 aromatic heterocycles. The van der Waals surface area contributed by atoms with E-state index in [1.807, 2.05) is 55.5 Å². The Balaban J connectivity index is 1.03. The van der Waals surface area contributed by atoms with Crippen molar-refractivity contribution in [3.05, 3.63) is 94.5 Å².